The van der Waals surface area contributed by atoms with Crippen LogP contribution in [0.1, 0.15) is 18.4 Å². The van der Waals surface area contributed by atoms with Crippen LogP contribution in [0.4, 0.5) is 0 Å². The highest BCUT2D eigenvalue weighted by molar-refractivity contribution is 7.13. The fourth-order valence-electron chi connectivity index (χ4n) is 5.20. The van der Waals surface area contributed by atoms with E-state index in [1.54, 1.807) is 17.5 Å². The number of fused-ring (bicyclic) bond motifs is 2. The molecule has 2 aromatic heterocycles. The SMILES string of the molecule is CN(C)CC1CC(C2=C3C=NC=C[N+]3(N)C(c3ccc4ccc(-c5cccs5)nc4c3Cl)=N2)C1. The Morgan fingerprint density at radius 2 is 2.00 bits per heavy atom. The summed E-state index contributed by atoms with van der Waals surface area (Å²) in [6.07, 6.45) is 7.70. The summed E-state index contributed by atoms with van der Waals surface area (Å²) >= 11 is 8.68. The number of aliphatic imine (C=N–C) groups is 2. The Labute approximate surface area is 208 Å². The van der Waals surface area contributed by atoms with Crippen LogP contribution in [0.3, 0.4) is 0 Å². The number of halogens is 1. The predicted molar refractivity (Wildman–Crippen MR) is 140 cm³/mol. The Morgan fingerprint density at radius 1 is 1.18 bits per heavy atom. The zero-order chi connectivity index (χ0) is 23.4. The standard InChI is InChI=1S/C26H26ClN6S/c1-32(2)15-16-12-18(13-16)24-21-14-29-9-10-33(21,28)26(31-24)19-7-5-17-6-8-20(22-4-3-11-34-22)30-25(17)23(19)27/h3-11,14,16,18H,12-13,15,28H2,1-2H3/q+1. The van der Waals surface area contributed by atoms with Gasteiger partial charge in [0.05, 0.1) is 39.1 Å². The van der Waals surface area contributed by atoms with Gasteiger partial charge in [-0.3, -0.25) is 4.99 Å². The Balaban J connectivity index is 1.41. The molecule has 3 aromatic rings. The van der Waals surface area contributed by atoms with E-state index in [0.717, 1.165) is 63.7 Å². The van der Waals surface area contributed by atoms with Gasteiger partial charge in [-0.15, -0.1) is 15.9 Å². The smallest absolute Gasteiger partial charge is 0.266 e. The topological polar surface area (TPSA) is 66.9 Å². The third kappa shape index (κ3) is 3.47. The van der Waals surface area contributed by atoms with Crippen molar-refractivity contribution in [2.24, 2.45) is 27.7 Å². The Kier molecular flexibility index (Phi) is 5.28. The molecule has 1 aromatic carbocycles. The molecule has 1 atom stereocenters. The van der Waals surface area contributed by atoms with E-state index in [0.29, 0.717) is 16.9 Å². The van der Waals surface area contributed by atoms with Crippen LogP contribution in [-0.4, -0.2) is 47.2 Å². The number of hydrogen-bond donors (Lipinski definition) is 1. The number of pyridine rings is 1. The fourth-order valence-corrected chi connectivity index (χ4v) is 6.19. The van der Waals surface area contributed by atoms with Gasteiger partial charge < -0.3 is 4.90 Å². The molecule has 0 bridgehead atoms. The fraction of sp³-hybridized carbons (Fsp3) is 0.269. The number of thiophene rings is 1. The van der Waals surface area contributed by atoms with Crippen molar-refractivity contribution in [3.05, 3.63) is 76.2 Å². The summed E-state index contributed by atoms with van der Waals surface area (Å²) in [5.74, 6) is 8.76. The Bertz CT molecular complexity index is 1400. The Hall–Kier alpha value is -2.68. The van der Waals surface area contributed by atoms with Gasteiger partial charge in [-0.25, -0.2) is 4.98 Å². The number of amidine groups is 1. The molecule has 3 aliphatic rings. The van der Waals surface area contributed by atoms with Gasteiger partial charge >= 0.3 is 0 Å². The first kappa shape index (κ1) is 21.8. The summed E-state index contributed by atoms with van der Waals surface area (Å²) in [6, 6.07) is 12.3. The molecule has 1 saturated carbocycles. The molecule has 0 radical (unpaired) electrons. The van der Waals surface area contributed by atoms with E-state index in [2.05, 4.69) is 41.5 Å². The average Bonchev–Trinajstić information content (AvgIpc) is 3.43. The molecule has 4 heterocycles. The quantitative estimate of drug-likeness (QED) is 0.384. The van der Waals surface area contributed by atoms with E-state index >= 15 is 0 Å². The lowest BCUT2D eigenvalue weighted by Gasteiger charge is -2.36. The molecule has 1 aliphatic carbocycles. The lowest BCUT2D eigenvalue weighted by Crippen LogP contribution is -2.53. The lowest BCUT2D eigenvalue weighted by molar-refractivity contribution is -0.750. The van der Waals surface area contributed by atoms with Crippen LogP contribution in [0.25, 0.3) is 21.5 Å². The minimum Gasteiger partial charge on any atom is -0.309 e. The zero-order valence-corrected chi connectivity index (χ0v) is 20.7. The van der Waals surface area contributed by atoms with Crippen LogP contribution in [0.5, 0.6) is 0 Å². The number of aromatic nitrogens is 1. The van der Waals surface area contributed by atoms with Crippen molar-refractivity contribution in [1.29, 1.82) is 0 Å². The number of quaternary nitrogens is 1. The van der Waals surface area contributed by atoms with Crippen molar-refractivity contribution in [2.45, 2.75) is 12.8 Å². The maximum atomic E-state index is 7.02. The summed E-state index contributed by atoms with van der Waals surface area (Å²) in [4.78, 5) is 17.8. The van der Waals surface area contributed by atoms with Crippen LogP contribution < -0.4 is 5.84 Å². The average molecular weight is 490 g/mol. The van der Waals surface area contributed by atoms with Crippen LogP contribution >= 0.6 is 22.9 Å². The normalized spacial score (nSPS) is 25.7. The molecule has 1 unspecified atom stereocenters. The van der Waals surface area contributed by atoms with Crippen molar-refractivity contribution in [2.75, 3.05) is 20.6 Å². The van der Waals surface area contributed by atoms with Gasteiger partial charge in [-0.2, -0.15) is 10.8 Å². The van der Waals surface area contributed by atoms with Crippen LogP contribution in [0.2, 0.25) is 5.02 Å². The second kappa shape index (κ2) is 8.22. The Morgan fingerprint density at radius 3 is 2.76 bits per heavy atom. The summed E-state index contributed by atoms with van der Waals surface area (Å²) in [7, 11) is 4.25. The van der Waals surface area contributed by atoms with Gasteiger partial charge in [-0.1, -0.05) is 29.8 Å². The second-order valence-corrected chi connectivity index (χ2v) is 10.9. The largest absolute Gasteiger partial charge is 0.309 e. The van der Waals surface area contributed by atoms with Gasteiger partial charge in [0.15, 0.2) is 0 Å². The van der Waals surface area contributed by atoms with Crippen molar-refractivity contribution < 1.29 is 4.59 Å². The first-order chi connectivity index (χ1) is 16.4. The highest BCUT2D eigenvalue weighted by atomic mass is 35.5. The second-order valence-electron chi connectivity index (χ2n) is 9.53. The van der Waals surface area contributed by atoms with E-state index in [4.69, 9.17) is 27.4 Å². The highest BCUT2D eigenvalue weighted by Crippen LogP contribution is 2.46. The first-order valence-corrected chi connectivity index (χ1v) is 12.7. The van der Waals surface area contributed by atoms with Crippen LogP contribution in [-0.2, 0) is 0 Å². The predicted octanol–water partition coefficient (Wildman–Crippen LogP) is 5.42. The number of hydrogen-bond acceptors (Lipinski definition) is 6. The molecule has 172 valence electrons. The molecule has 0 saturated heterocycles. The van der Waals surface area contributed by atoms with E-state index in [-0.39, 0.29) is 4.59 Å². The summed E-state index contributed by atoms with van der Waals surface area (Å²) < 4.78 is -0.0104. The molecule has 34 heavy (non-hydrogen) atoms. The van der Waals surface area contributed by atoms with E-state index in [1.807, 2.05) is 36.7 Å². The number of rotatable bonds is 5. The van der Waals surface area contributed by atoms with E-state index in [1.165, 1.54) is 0 Å². The minimum absolute atomic E-state index is 0.0104. The van der Waals surface area contributed by atoms with Crippen molar-refractivity contribution >= 4 is 45.9 Å². The molecular weight excluding hydrogens is 464 g/mol. The summed E-state index contributed by atoms with van der Waals surface area (Å²) in [5, 5.41) is 3.62. The van der Waals surface area contributed by atoms with Gasteiger partial charge in [0.1, 0.15) is 11.9 Å². The minimum atomic E-state index is -0.0104. The molecule has 6 nitrogen and oxygen atoms in total. The van der Waals surface area contributed by atoms with Crippen molar-refractivity contribution in [3.8, 4) is 10.6 Å². The molecule has 2 aliphatic heterocycles. The molecule has 0 spiro atoms. The number of nitrogens with two attached hydrogens (primary N) is 1. The van der Waals surface area contributed by atoms with Crippen molar-refractivity contribution in [1.82, 2.24) is 9.88 Å². The van der Waals surface area contributed by atoms with Gasteiger partial charge in [-0.05, 0) is 56.4 Å². The molecule has 2 N–H and O–H groups in total. The van der Waals surface area contributed by atoms with Gasteiger partial charge in [0, 0.05) is 17.8 Å². The molecule has 8 heteroatoms. The number of benzene rings is 1. The highest BCUT2D eigenvalue weighted by Gasteiger charge is 2.48. The van der Waals surface area contributed by atoms with E-state index < -0.39 is 0 Å². The maximum Gasteiger partial charge on any atom is 0.266 e. The third-order valence-corrected chi connectivity index (χ3v) is 8.16. The number of allylic oxidation sites excluding steroid dienone is 2. The molecule has 6 rings (SSSR count). The third-order valence-electron chi connectivity index (χ3n) is 6.88. The monoisotopic (exact) mass is 489 g/mol. The van der Waals surface area contributed by atoms with Crippen LogP contribution in [0.15, 0.2) is 75.6 Å². The van der Waals surface area contributed by atoms with Gasteiger partial charge in [0.25, 0.3) is 5.84 Å². The lowest BCUT2D eigenvalue weighted by atomic mass is 9.72. The van der Waals surface area contributed by atoms with E-state index in [9.17, 15) is 0 Å². The zero-order valence-electron chi connectivity index (χ0n) is 19.1. The summed E-state index contributed by atoms with van der Waals surface area (Å²) in [6.45, 7) is 1.10. The number of nitrogens with zero attached hydrogens (tertiary/aromatic N) is 5. The van der Waals surface area contributed by atoms with Gasteiger partial charge in [0.2, 0.25) is 5.70 Å². The molecule has 1 fully saturated rings. The van der Waals surface area contributed by atoms with Crippen molar-refractivity contribution in [3.63, 3.8) is 0 Å². The maximum absolute atomic E-state index is 7.02. The first-order valence-electron chi connectivity index (χ1n) is 11.4. The van der Waals surface area contributed by atoms with Crippen LogP contribution in [0, 0.1) is 11.8 Å². The summed E-state index contributed by atoms with van der Waals surface area (Å²) in [5.41, 5.74) is 4.46. The molecule has 0 amide bonds. The molecular formula is C26H26ClN6S+.